The normalized spacial score (nSPS) is 23.8. The van der Waals surface area contributed by atoms with Gasteiger partial charge in [0, 0.05) is 23.7 Å². The molecule has 2 aliphatic heterocycles. The Labute approximate surface area is 142 Å². The second kappa shape index (κ2) is 5.94. The summed E-state index contributed by atoms with van der Waals surface area (Å²) in [5.74, 6) is -0.576. The van der Waals surface area contributed by atoms with Gasteiger partial charge in [-0.15, -0.1) is 0 Å². The van der Waals surface area contributed by atoms with Crippen molar-refractivity contribution in [2.45, 2.75) is 13.0 Å². The number of fused-ring (bicyclic) bond motifs is 1. The number of cyclic esters (lactones) is 1. The van der Waals surface area contributed by atoms with Crippen LogP contribution in [0.15, 0.2) is 41.2 Å². The van der Waals surface area contributed by atoms with E-state index in [-0.39, 0.29) is 23.3 Å². The molecule has 0 aliphatic carbocycles. The van der Waals surface area contributed by atoms with Gasteiger partial charge in [0.15, 0.2) is 0 Å². The van der Waals surface area contributed by atoms with E-state index in [0.717, 1.165) is 5.56 Å². The van der Waals surface area contributed by atoms with Crippen molar-refractivity contribution >= 4 is 11.7 Å². The Bertz CT molecular complexity index is 934. The predicted octanol–water partition coefficient (Wildman–Crippen LogP) is 1.80. The Morgan fingerprint density at radius 1 is 1.24 bits per heavy atom. The molecule has 1 fully saturated rings. The largest absolute Gasteiger partial charge is 0.422 e. The fourth-order valence-electron chi connectivity index (χ4n) is 3.28. The lowest BCUT2D eigenvalue weighted by Gasteiger charge is -2.16. The summed E-state index contributed by atoms with van der Waals surface area (Å²) in [7, 11) is 0. The van der Waals surface area contributed by atoms with Crippen molar-refractivity contribution in [3.8, 4) is 0 Å². The van der Waals surface area contributed by atoms with Gasteiger partial charge < -0.3 is 9.72 Å². The van der Waals surface area contributed by atoms with Gasteiger partial charge in [-0.25, -0.2) is 14.6 Å². The molecule has 4 rings (SSSR count). The van der Waals surface area contributed by atoms with Gasteiger partial charge in [-0.3, -0.25) is 10.2 Å². The van der Waals surface area contributed by atoms with Gasteiger partial charge in [0.1, 0.15) is 17.1 Å². The van der Waals surface area contributed by atoms with Crippen molar-refractivity contribution in [1.82, 2.24) is 15.8 Å². The van der Waals surface area contributed by atoms with Crippen LogP contribution in [0.5, 0.6) is 0 Å². The van der Waals surface area contributed by atoms with E-state index in [1.165, 1.54) is 12.1 Å². The Morgan fingerprint density at radius 3 is 2.76 bits per heavy atom. The minimum absolute atomic E-state index is 0.0289. The van der Waals surface area contributed by atoms with Gasteiger partial charge in [0.05, 0.1) is 6.04 Å². The van der Waals surface area contributed by atoms with Crippen molar-refractivity contribution in [1.29, 1.82) is 0 Å². The van der Waals surface area contributed by atoms with Crippen molar-refractivity contribution in [2.75, 3.05) is 6.54 Å². The Kier molecular flexibility index (Phi) is 3.74. The lowest BCUT2D eigenvalue weighted by Crippen LogP contribution is -2.24. The molecule has 25 heavy (non-hydrogen) atoms. The number of hydrazine groups is 1. The zero-order chi connectivity index (χ0) is 17.6. The number of benzene rings is 1. The molecule has 2 atom stereocenters. The first kappa shape index (κ1) is 15.7. The first-order valence-corrected chi connectivity index (χ1v) is 7.95. The molecular weight excluding hydrogens is 325 g/mol. The van der Waals surface area contributed by atoms with Gasteiger partial charge in [0.2, 0.25) is 0 Å². The molecule has 0 radical (unpaired) electrons. The maximum atomic E-state index is 13.1. The van der Waals surface area contributed by atoms with Crippen LogP contribution in [-0.2, 0) is 4.74 Å². The van der Waals surface area contributed by atoms with E-state index in [1.807, 2.05) is 6.08 Å². The smallest absolute Gasteiger partial charge is 0.349 e. The molecule has 3 N–H and O–H groups in total. The molecule has 1 aromatic carbocycles. The number of carbonyl (C=O) groups is 1. The molecule has 0 bridgehead atoms. The summed E-state index contributed by atoms with van der Waals surface area (Å²) in [6, 6.07) is 7.89. The third kappa shape index (κ3) is 2.77. The van der Waals surface area contributed by atoms with Gasteiger partial charge in [-0.1, -0.05) is 12.1 Å². The lowest BCUT2D eigenvalue weighted by molar-refractivity contribution is 0.0713. The molecule has 2 aliphatic rings. The lowest BCUT2D eigenvalue weighted by atomic mass is 9.93. The quantitative estimate of drug-likeness (QED) is 0.726. The Balaban J connectivity index is 1.71. The van der Waals surface area contributed by atoms with Crippen LogP contribution in [0, 0.1) is 18.7 Å². The molecular formula is C18H16FN3O3. The predicted molar refractivity (Wildman–Crippen MR) is 89.0 cm³/mol. The van der Waals surface area contributed by atoms with Crippen LogP contribution < -0.4 is 16.4 Å². The van der Waals surface area contributed by atoms with Crippen molar-refractivity contribution in [2.24, 2.45) is 5.92 Å². The summed E-state index contributed by atoms with van der Waals surface area (Å²) in [5.41, 5.74) is 7.90. The van der Waals surface area contributed by atoms with Crippen LogP contribution in [0.4, 0.5) is 4.39 Å². The standard InChI is InChI=1S/C18H16FN3O3/c1-9-6-13-14(25-18(24)15(13)17(23)21-9)7-11-8-20-22-16(11)10-2-4-12(19)5-3-10/h2-7,11,16,20,22H,8H2,1H3,(H,21,23)/b14-7+. The summed E-state index contributed by atoms with van der Waals surface area (Å²) < 4.78 is 18.5. The van der Waals surface area contributed by atoms with Crippen LogP contribution in [0.2, 0.25) is 0 Å². The number of halogens is 1. The molecule has 3 heterocycles. The van der Waals surface area contributed by atoms with E-state index in [2.05, 4.69) is 15.8 Å². The number of aryl methyl sites for hydroxylation is 1. The third-order valence-corrected chi connectivity index (χ3v) is 4.46. The Morgan fingerprint density at radius 2 is 2.00 bits per heavy atom. The molecule has 2 aromatic rings. The highest BCUT2D eigenvalue weighted by molar-refractivity contribution is 6.02. The zero-order valence-electron chi connectivity index (χ0n) is 13.4. The average molecular weight is 341 g/mol. The van der Waals surface area contributed by atoms with Gasteiger partial charge in [-0.05, 0) is 36.8 Å². The molecule has 0 amide bonds. The molecule has 7 heteroatoms. The summed E-state index contributed by atoms with van der Waals surface area (Å²) in [5, 5.41) is 0. The number of esters is 1. The van der Waals surface area contributed by atoms with E-state index >= 15 is 0 Å². The molecule has 1 aromatic heterocycles. The average Bonchev–Trinajstić information content (AvgIpc) is 3.14. The van der Waals surface area contributed by atoms with E-state index in [1.54, 1.807) is 25.1 Å². The molecule has 1 saturated heterocycles. The number of pyridine rings is 1. The van der Waals surface area contributed by atoms with Gasteiger partial charge in [-0.2, -0.15) is 0 Å². The summed E-state index contributed by atoms with van der Waals surface area (Å²) >= 11 is 0. The summed E-state index contributed by atoms with van der Waals surface area (Å²) in [6.07, 6.45) is 1.84. The van der Waals surface area contributed by atoms with Crippen LogP contribution in [0.1, 0.15) is 33.2 Å². The molecule has 0 saturated carbocycles. The van der Waals surface area contributed by atoms with Crippen LogP contribution >= 0.6 is 0 Å². The van der Waals surface area contributed by atoms with Crippen molar-refractivity contribution < 1.29 is 13.9 Å². The fraction of sp³-hybridized carbons (Fsp3) is 0.222. The van der Waals surface area contributed by atoms with Crippen LogP contribution in [0.3, 0.4) is 0 Å². The maximum Gasteiger partial charge on any atom is 0.349 e. The molecule has 2 unspecified atom stereocenters. The van der Waals surface area contributed by atoms with Crippen LogP contribution in [0.25, 0.3) is 5.76 Å². The number of hydrogen-bond acceptors (Lipinski definition) is 5. The summed E-state index contributed by atoms with van der Waals surface area (Å²) in [6.45, 7) is 2.36. The number of aromatic amines is 1. The minimum atomic E-state index is -0.639. The topological polar surface area (TPSA) is 83.2 Å². The minimum Gasteiger partial charge on any atom is -0.422 e. The summed E-state index contributed by atoms with van der Waals surface area (Å²) in [4.78, 5) is 26.6. The van der Waals surface area contributed by atoms with Crippen LogP contribution in [-0.4, -0.2) is 17.5 Å². The highest BCUT2D eigenvalue weighted by Gasteiger charge is 2.33. The van der Waals surface area contributed by atoms with Gasteiger partial charge >= 0.3 is 5.97 Å². The first-order chi connectivity index (χ1) is 12.0. The Hall–Kier alpha value is -2.77. The van der Waals surface area contributed by atoms with Crippen molar-refractivity contribution in [3.63, 3.8) is 0 Å². The fourth-order valence-corrected chi connectivity index (χ4v) is 3.28. The number of carbonyl (C=O) groups excluding carboxylic acids is 1. The number of ether oxygens (including phenoxy) is 1. The number of rotatable bonds is 2. The van der Waals surface area contributed by atoms with Crippen molar-refractivity contribution in [3.05, 3.63) is 75.0 Å². The van der Waals surface area contributed by atoms with E-state index in [0.29, 0.717) is 23.6 Å². The second-order valence-corrected chi connectivity index (χ2v) is 6.21. The maximum absolute atomic E-state index is 13.1. The van der Waals surface area contributed by atoms with Gasteiger partial charge in [0.25, 0.3) is 5.56 Å². The SMILES string of the molecule is Cc1cc2c(c(=O)[nH]1)C(=O)O/C2=C/C1CNNC1c1ccc(F)cc1. The first-order valence-electron chi connectivity index (χ1n) is 7.95. The second-order valence-electron chi connectivity index (χ2n) is 6.21. The number of aromatic nitrogens is 1. The molecule has 0 spiro atoms. The van der Waals surface area contributed by atoms with E-state index < -0.39 is 11.5 Å². The zero-order valence-corrected chi connectivity index (χ0v) is 13.4. The van der Waals surface area contributed by atoms with E-state index in [9.17, 15) is 14.0 Å². The molecule has 6 nitrogen and oxygen atoms in total. The third-order valence-electron chi connectivity index (χ3n) is 4.46. The molecule has 128 valence electrons. The monoisotopic (exact) mass is 341 g/mol. The number of hydrogen-bond donors (Lipinski definition) is 3. The highest BCUT2D eigenvalue weighted by atomic mass is 19.1. The highest BCUT2D eigenvalue weighted by Crippen LogP contribution is 2.33. The number of H-pyrrole nitrogens is 1. The number of nitrogens with one attached hydrogen (secondary N) is 3. The van der Waals surface area contributed by atoms with E-state index in [4.69, 9.17) is 4.74 Å².